The molecule has 1 amide bonds. The molecule has 7 heteroatoms. The zero-order valence-corrected chi connectivity index (χ0v) is 11.3. The Hall–Kier alpha value is -0.420. The lowest BCUT2D eigenvalue weighted by atomic mass is 9.92. The van der Waals surface area contributed by atoms with Crippen LogP contribution in [0, 0.1) is 5.41 Å². The van der Waals surface area contributed by atoms with Gasteiger partial charge in [0.1, 0.15) is 0 Å². The molecule has 1 saturated heterocycles. The molecule has 0 spiro atoms. The van der Waals surface area contributed by atoms with Crippen LogP contribution in [-0.2, 0) is 13.9 Å². The van der Waals surface area contributed by atoms with Crippen molar-refractivity contribution < 1.29 is 23.7 Å². The molecule has 0 bridgehead atoms. The van der Waals surface area contributed by atoms with Crippen LogP contribution in [-0.4, -0.2) is 39.8 Å². The highest BCUT2D eigenvalue weighted by molar-refractivity contribution is 7.46. The zero-order chi connectivity index (χ0) is 13.3. The molecular formula is C10H20NO5P. The number of hydrogen-bond donors (Lipinski definition) is 2. The molecule has 2 N–H and O–H groups in total. The summed E-state index contributed by atoms with van der Waals surface area (Å²) in [5.74, 6) is 0.00862. The van der Waals surface area contributed by atoms with E-state index in [1.54, 1.807) is 4.90 Å². The van der Waals surface area contributed by atoms with Crippen LogP contribution in [0.2, 0.25) is 0 Å². The van der Waals surface area contributed by atoms with E-state index in [0.717, 1.165) is 0 Å². The van der Waals surface area contributed by atoms with Crippen molar-refractivity contribution in [1.29, 1.82) is 0 Å². The quantitative estimate of drug-likeness (QED) is 0.747. The first-order valence-corrected chi connectivity index (χ1v) is 7.11. The van der Waals surface area contributed by atoms with E-state index in [4.69, 9.17) is 9.79 Å². The molecule has 0 aromatic rings. The SMILES string of the molecule is CC(C)(C)CC(=O)N1CCC(OP(=O)(O)O)C1. The molecular weight excluding hydrogens is 245 g/mol. The number of carbonyl (C=O) groups excluding carboxylic acids is 1. The van der Waals surface area contributed by atoms with Crippen LogP contribution in [0.15, 0.2) is 0 Å². The molecule has 6 nitrogen and oxygen atoms in total. The van der Waals surface area contributed by atoms with E-state index >= 15 is 0 Å². The highest BCUT2D eigenvalue weighted by atomic mass is 31.2. The predicted octanol–water partition coefficient (Wildman–Crippen LogP) is 1.13. The summed E-state index contributed by atoms with van der Waals surface area (Å²) >= 11 is 0. The van der Waals surface area contributed by atoms with Crippen molar-refractivity contribution >= 4 is 13.7 Å². The van der Waals surface area contributed by atoms with Crippen LogP contribution >= 0.6 is 7.82 Å². The molecule has 0 aromatic heterocycles. The van der Waals surface area contributed by atoms with Crippen molar-refractivity contribution in [2.45, 2.75) is 39.7 Å². The first kappa shape index (κ1) is 14.6. The Bertz CT molecular complexity index is 332. The normalized spacial score (nSPS) is 21.9. The fraction of sp³-hybridized carbons (Fsp3) is 0.900. The maximum atomic E-state index is 11.8. The summed E-state index contributed by atoms with van der Waals surface area (Å²) in [7, 11) is -4.45. The minimum Gasteiger partial charge on any atom is -0.340 e. The van der Waals surface area contributed by atoms with Crippen molar-refractivity contribution in [1.82, 2.24) is 4.90 Å². The number of phosphoric acid groups is 1. The molecule has 17 heavy (non-hydrogen) atoms. The fourth-order valence-electron chi connectivity index (χ4n) is 1.80. The summed E-state index contributed by atoms with van der Waals surface area (Å²) in [5.41, 5.74) is -0.0841. The van der Waals surface area contributed by atoms with Gasteiger partial charge in [-0.1, -0.05) is 20.8 Å². The van der Waals surface area contributed by atoms with Gasteiger partial charge < -0.3 is 14.7 Å². The molecule has 1 rings (SSSR count). The third-order valence-electron chi connectivity index (χ3n) is 2.47. The molecule has 1 atom stereocenters. The van der Waals surface area contributed by atoms with Gasteiger partial charge in [0.25, 0.3) is 0 Å². The van der Waals surface area contributed by atoms with Gasteiger partial charge in [0.05, 0.1) is 6.10 Å². The highest BCUT2D eigenvalue weighted by Crippen LogP contribution is 2.39. The second kappa shape index (κ2) is 5.06. The van der Waals surface area contributed by atoms with Gasteiger partial charge >= 0.3 is 7.82 Å². The molecule has 0 aromatic carbocycles. The number of phosphoric ester groups is 1. The number of amides is 1. The molecule has 0 radical (unpaired) electrons. The highest BCUT2D eigenvalue weighted by Gasteiger charge is 2.32. The summed E-state index contributed by atoms with van der Waals surface area (Å²) < 4.78 is 15.2. The van der Waals surface area contributed by atoms with E-state index in [9.17, 15) is 9.36 Å². The van der Waals surface area contributed by atoms with Crippen molar-refractivity contribution in [2.24, 2.45) is 5.41 Å². The van der Waals surface area contributed by atoms with Crippen molar-refractivity contribution in [3.8, 4) is 0 Å². The van der Waals surface area contributed by atoms with Crippen molar-refractivity contribution in [3.63, 3.8) is 0 Å². The second-order valence-electron chi connectivity index (χ2n) is 5.58. The van der Waals surface area contributed by atoms with Gasteiger partial charge in [0.2, 0.25) is 5.91 Å². The first-order valence-electron chi connectivity index (χ1n) is 5.58. The Morgan fingerprint density at radius 2 is 2.06 bits per heavy atom. The number of carbonyl (C=O) groups is 1. The average Bonchev–Trinajstić information content (AvgIpc) is 2.45. The molecule has 1 unspecified atom stereocenters. The molecule has 0 saturated carbocycles. The molecule has 1 fully saturated rings. The summed E-state index contributed by atoms with van der Waals surface area (Å²) in [5, 5.41) is 0. The lowest BCUT2D eigenvalue weighted by Crippen LogP contribution is -2.32. The molecule has 1 heterocycles. The monoisotopic (exact) mass is 265 g/mol. The van der Waals surface area contributed by atoms with Crippen LogP contribution < -0.4 is 0 Å². The lowest BCUT2D eigenvalue weighted by Gasteiger charge is -2.23. The van der Waals surface area contributed by atoms with E-state index < -0.39 is 13.9 Å². The number of hydrogen-bond acceptors (Lipinski definition) is 3. The van der Waals surface area contributed by atoms with E-state index in [1.807, 2.05) is 20.8 Å². The minimum absolute atomic E-state index is 0.00862. The van der Waals surface area contributed by atoms with Gasteiger partial charge in [-0.2, -0.15) is 0 Å². The predicted molar refractivity (Wildman–Crippen MR) is 62.2 cm³/mol. The fourth-order valence-corrected chi connectivity index (χ4v) is 2.36. The van der Waals surface area contributed by atoms with Crippen molar-refractivity contribution in [2.75, 3.05) is 13.1 Å². The minimum atomic E-state index is -4.45. The Morgan fingerprint density at radius 1 is 1.47 bits per heavy atom. The number of nitrogens with zero attached hydrogens (tertiary/aromatic N) is 1. The Morgan fingerprint density at radius 3 is 2.53 bits per heavy atom. The van der Waals surface area contributed by atoms with Crippen LogP contribution in [0.25, 0.3) is 0 Å². The molecule has 1 aliphatic heterocycles. The summed E-state index contributed by atoms with van der Waals surface area (Å²) in [4.78, 5) is 30.8. The van der Waals surface area contributed by atoms with Gasteiger partial charge in [0, 0.05) is 19.5 Å². The number of rotatable bonds is 3. The number of likely N-dealkylation sites (tertiary alicyclic amines) is 1. The Balaban J connectivity index is 2.45. The molecule has 100 valence electrons. The second-order valence-corrected chi connectivity index (χ2v) is 6.78. The zero-order valence-electron chi connectivity index (χ0n) is 10.4. The molecule has 1 aliphatic rings. The Kier molecular flexibility index (Phi) is 4.36. The summed E-state index contributed by atoms with van der Waals surface area (Å²) in [6, 6.07) is 0. The van der Waals surface area contributed by atoms with Crippen LogP contribution in [0.4, 0.5) is 0 Å². The van der Waals surface area contributed by atoms with Gasteiger partial charge in [-0.15, -0.1) is 0 Å². The third kappa shape index (κ3) is 5.64. The first-order chi connectivity index (χ1) is 7.57. The maximum absolute atomic E-state index is 11.8. The van der Waals surface area contributed by atoms with E-state index in [2.05, 4.69) is 4.52 Å². The standard InChI is InChI=1S/C10H20NO5P/c1-10(2,3)6-9(12)11-5-4-8(7-11)16-17(13,14)15/h8H,4-7H2,1-3H3,(H2,13,14,15). The van der Waals surface area contributed by atoms with Gasteiger partial charge in [-0.25, -0.2) is 4.57 Å². The average molecular weight is 265 g/mol. The van der Waals surface area contributed by atoms with Crippen LogP contribution in [0.5, 0.6) is 0 Å². The van der Waals surface area contributed by atoms with Crippen LogP contribution in [0.3, 0.4) is 0 Å². The van der Waals surface area contributed by atoms with Crippen molar-refractivity contribution in [3.05, 3.63) is 0 Å². The lowest BCUT2D eigenvalue weighted by molar-refractivity contribution is -0.132. The summed E-state index contributed by atoms with van der Waals surface area (Å²) in [6.07, 6.45) is 0.344. The van der Waals surface area contributed by atoms with Crippen LogP contribution in [0.1, 0.15) is 33.6 Å². The van der Waals surface area contributed by atoms with E-state index in [1.165, 1.54) is 0 Å². The van der Waals surface area contributed by atoms with Gasteiger partial charge in [-0.05, 0) is 11.8 Å². The largest absolute Gasteiger partial charge is 0.469 e. The van der Waals surface area contributed by atoms with Gasteiger partial charge in [-0.3, -0.25) is 9.32 Å². The maximum Gasteiger partial charge on any atom is 0.469 e. The Labute approximate surface area is 101 Å². The van der Waals surface area contributed by atoms with Gasteiger partial charge in [0.15, 0.2) is 0 Å². The topological polar surface area (TPSA) is 87.1 Å². The third-order valence-corrected chi connectivity index (χ3v) is 3.04. The van der Waals surface area contributed by atoms with E-state index in [0.29, 0.717) is 19.4 Å². The molecule has 0 aliphatic carbocycles. The van der Waals surface area contributed by atoms with E-state index in [-0.39, 0.29) is 17.9 Å². The summed E-state index contributed by atoms with van der Waals surface area (Å²) in [6.45, 7) is 6.69. The smallest absolute Gasteiger partial charge is 0.340 e.